The van der Waals surface area contributed by atoms with Gasteiger partial charge in [-0.2, -0.15) is 0 Å². The number of aryl methyl sites for hydroxylation is 1. The summed E-state index contributed by atoms with van der Waals surface area (Å²) in [4.78, 5) is 0. The topological polar surface area (TPSA) is 17.0 Å². The Morgan fingerprint density at radius 2 is 2.12 bits per heavy atom. The van der Waals surface area contributed by atoms with E-state index in [0.29, 0.717) is 6.04 Å². The van der Waals surface area contributed by atoms with E-state index in [1.165, 1.54) is 31.2 Å². The lowest BCUT2D eigenvalue weighted by Gasteiger charge is -2.12. The molecule has 0 aliphatic heterocycles. The van der Waals surface area contributed by atoms with Crippen LogP contribution in [0.15, 0.2) is 18.5 Å². The average molecular weight is 222 g/mol. The molecule has 16 heavy (non-hydrogen) atoms. The van der Waals surface area contributed by atoms with Gasteiger partial charge < -0.3 is 9.88 Å². The summed E-state index contributed by atoms with van der Waals surface area (Å²) < 4.78 is 2.22. The number of nitrogens with zero attached hydrogens (tertiary/aromatic N) is 1. The molecular weight excluding hydrogens is 196 g/mol. The van der Waals surface area contributed by atoms with Crippen molar-refractivity contribution < 1.29 is 0 Å². The second-order valence-corrected chi connectivity index (χ2v) is 4.63. The maximum absolute atomic E-state index is 3.58. The van der Waals surface area contributed by atoms with Gasteiger partial charge in [-0.05, 0) is 31.9 Å². The zero-order chi connectivity index (χ0) is 11.8. The van der Waals surface area contributed by atoms with Crippen LogP contribution < -0.4 is 5.32 Å². The third-order valence-corrected chi connectivity index (χ3v) is 3.07. The Bertz CT molecular complexity index is 278. The fraction of sp³-hybridized carbons (Fsp3) is 0.714. The van der Waals surface area contributed by atoms with Gasteiger partial charge >= 0.3 is 0 Å². The van der Waals surface area contributed by atoms with E-state index in [1.54, 1.807) is 0 Å². The zero-order valence-electron chi connectivity index (χ0n) is 11.0. The summed E-state index contributed by atoms with van der Waals surface area (Å²) in [7, 11) is 0. The Labute approximate surface area is 100 Å². The van der Waals surface area contributed by atoms with Crippen molar-refractivity contribution in [2.24, 2.45) is 0 Å². The van der Waals surface area contributed by atoms with Gasteiger partial charge in [0.25, 0.3) is 0 Å². The van der Waals surface area contributed by atoms with Gasteiger partial charge in [0.15, 0.2) is 0 Å². The molecule has 1 heterocycles. The minimum Gasteiger partial charge on any atom is -0.354 e. The number of hydrogen-bond acceptors (Lipinski definition) is 1. The summed E-state index contributed by atoms with van der Waals surface area (Å²) in [6.07, 6.45) is 9.69. The number of unbranched alkanes of at least 4 members (excludes halogenated alkanes) is 2. The highest BCUT2D eigenvalue weighted by atomic mass is 14.9. The Balaban J connectivity index is 2.18. The van der Waals surface area contributed by atoms with Gasteiger partial charge in [-0.1, -0.05) is 26.2 Å². The van der Waals surface area contributed by atoms with Gasteiger partial charge in [0.05, 0.1) is 0 Å². The Morgan fingerprint density at radius 1 is 1.31 bits per heavy atom. The van der Waals surface area contributed by atoms with Crippen LogP contribution in [0.5, 0.6) is 0 Å². The van der Waals surface area contributed by atoms with Crippen molar-refractivity contribution in [3.8, 4) is 0 Å². The first kappa shape index (κ1) is 13.3. The summed E-state index contributed by atoms with van der Waals surface area (Å²) in [5.41, 5.74) is 1.39. The molecule has 2 nitrogen and oxygen atoms in total. The summed E-state index contributed by atoms with van der Waals surface area (Å²) in [6, 6.07) is 2.84. The first-order valence-corrected chi connectivity index (χ1v) is 6.64. The van der Waals surface area contributed by atoms with E-state index in [9.17, 15) is 0 Å². The predicted octanol–water partition coefficient (Wildman–Crippen LogP) is 3.57. The number of rotatable bonds is 8. The van der Waals surface area contributed by atoms with Crippen LogP contribution in [-0.2, 0) is 13.1 Å². The Kier molecular flexibility index (Phi) is 6.24. The van der Waals surface area contributed by atoms with E-state index in [1.807, 2.05) is 0 Å². The monoisotopic (exact) mass is 222 g/mol. The van der Waals surface area contributed by atoms with Gasteiger partial charge in [-0.15, -0.1) is 0 Å². The molecule has 92 valence electrons. The summed E-state index contributed by atoms with van der Waals surface area (Å²) in [6.45, 7) is 8.77. The minimum absolute atomic E-state index is 0.636. The van der Waals surface area contributed by atoms with Crippen molar-refractivity contribution >= 4 is 0 Å². The fourth-order valence-corrected chi connectivity index (χ4v) is 1.89. The zero-order valence-corrected chi connectivity index (χ0v) is 11.0. The fourth-order valence-electron chi connectivity index (χ4n) is 1.89. The van der Waals surface area contributed by atoms with Crippen LogP contribution in [0.1, 0.15) is 52.0 Å². The molecule has 1 aromatic heterocycles. The second kappa shape index (κ2) is 7.50. The van der Waals surface area contributed by atoms with Crippen molar-refractivity contribution in [2.45, 2.75) is 65.6 Å². The molecule has 1 N–H and O–H groups in total. The molecule has 0 fully saturated rings. The molecule has 2 heteroatoms. The van der Waals surface area contributed by atoms with Crippen molar-refractivity contribution in [3.05, 3.63) is 24.0 Å². The van der Waals surface area contributed by atoms with Crippen LogP contribution >= 0.6 is 0 Å². The van der Waals surface area contributed by atoms with Crippen molar-refractivity contribution in [1.82, 2.24) is 9.88 Å². The first-order chi connectivity index (χ1) is 7.76. The maximum Gasteiger partial charge on any atom is 0.0223 e. The first-order valence-electron chi connectivity index (χ1n) is 6.64. The van der Waals surface area contributed by atoms with Crippen LogP contribution in [0.2, 0.25) is 0 Å². The highest BCUT2D eigenvalue weighted by molar-refractivity contribution is 5.09. The second-order valence-electron chi connectivity index (χ2n) is 4.63. The molecule has 0 bridgehead atoms. The molecule has 1 unspecified atom stereocenters. The van der Waals surface area contributed by atoms with E-state index in [4.69, 9.17) is 0 Å². The van der Waals surface area contributed by atoms with E-state index < -0.39 is 0 Å². The molecule has 1 rings (SSSR count). The van der Waals surface area contributed by atoms with E-state index in [-0.39, 0.29) is 0 Å². The molecule has 1 atom stereocenters. The average Bonchev–Trinajstić information content (AvgIpc) is 2.74. The molecule has 0 aromatic carbocycles. The molecule has 0 saturated heterocycles. The number of aromatic nitrogens is 1. The molecule has 0 radical (unpaired) electrons. The van der Waals surface area contributed by atoms with Gasteiger partial charge in [0, 0.05) is 31.5 Å². The lowest BCUT2D eigenvalue weighted by atomic mass is 10.1. The summed E-state index contributed by atoms with van der Waals surface area (Å²) in [5, 5.41) is 3.58. The van der Waals surface area contributed by atoms with Gasteiger partial charge in [0.1, 0.15) is 0 Å². The lowest BCUT2D eigenvalue weighted by molar-refractivity contribution is 0.487. The SMILES string of the molecule is CCCCCC(C)NCc1ccn(CC)c1. The lowest BCUT2D eigenvalue weighted by Crippen LogP contribution is -2.25. The normalized spacial score (nSPS) is 12.9. The maximum atomic E-state index is 3.58. The standard InChI is InChI=1S/C14H26N2/c1-4-6-7-8-13(3)15-11-14-9-10-16(5-2)12-14/h9-10,12-13,15H,4-8,11H2,1-3H3. The van der Waals surface area contributed by atoms with Crippen LogP contribution in [-0.4, -0.2) is 10.6 Å². The van der Waals surface area contributed by atoms with Crippen LogP contribution in [0.4, 0.5) is 0 Å². The molecule has 0 saturated carbocycles. The Hall–Kier alpha value is -0.760. The quantitative estimate of drug-likeness (QED) is 0.665. The van der Waals surface area contributed by atoms with Crippen LogP contribution in [0.3, 0.4) is 0 Å². The molecule has 0 aliphatic rings. The Morgan fingerprint density at radius 3 is 2.75 bits per heavy atom. The van der Waals surface area contributed by atoms with E-state index in [2.05, 4.69) is 49.1 Å². The van der Waals surface area contributed by atoms with Crippen molar-refractivity contribution in [2.75, 3.05) is 0 Å². The number of nitrogens with one attached hydrogen (secondary N) is 1. The number of hydrogen-bond donors (Lipinski definition) is 1. The smallest absolute Gasteiger partial charge is 0.0223 e. The molecule has 0 aliphatic carbocycles. The highest BCUT2D eigenvalue weighted by Gasteiger charge is 2.01. The van der Waals surface area contributed by atoms with Gasteiger partial charge in [0.2, 0.25) is 0 Å². The highest BCUT2D eigenvalue weighted by Crippen LogP contribution is 2.05. The predicted molar refractivity (Wildman–Crippen MR) is 70.5 cm³/mol. The molecular formula is C14H26N2. The van der Waals surface area contributed by atoms with Crippen molar-refractivity contribution in [1.29, 1.82) is 0 Å². The largest absolute Gasteiger partial charge is 0.354 e. The van der Waals surface area contributed by atoms with E-state index in [0.717, 1.165) is 13.1 Å². The van der Waals surface area contributed by atoms with Gasteiger partial charge in [-0.25, -0.2) is 0 Å². The van der Waals surface area contributed by atoms with Gasteiger partial charge in [-0.3, -0.25) is 0 Å². The molecule has 0 spiro atoms. The summed E-state index contributed by atoms with van der Waals surface area (Å²) in [5.74, 6) is 0. The van der Waals surface area contributed by atoms with Crippen LogP contribution in [0.25, 0.3) is 0 Å². The summed E-state index contributed by atoms with van der Waals surface area (Å²) >= 11 is 0. The third kappa shape index (κ3) is 4.84. The van der Waals surface area contributed by atoms with E-state index >= 15 is 0 Å². The minimum atomic E-state index is 0.636. The van der Waals surface area contributed by atoms with Crippen molar-refractivity contribution in [3.63, 3.8) is 0 Å². The molecule has 0 amide bonds. The third-order valence-electron chi connectivity index (χ3n) is 3.07. The van der Waals surface area contributed by atoms with Crippen LogP contribution in [0, 0.1) is 0 Å². The molecule has 1 aromatic rings.